The van der Waals surface area contributed by atoms with Crippen LogP contribution in [0, 0.1) is 16.0 Å². The van der Waals surface area contributed by atoms with Crippen molar-refractivity contribution < 1.29 is 14.8 Å². The smallest absolute Gasteiger partial charge is 0.273 e. The molecular weight excluding hydrogens is 298 g/mol. The highest BCUT2D eigenvalue weighted by Gasteiger charge is 2.31. The molecule has 0 saturated carbocycles. The molecule has 1 aromatic rings. The van der Waals surface area contributed by atoms with Crippen molar-refractivity contribution in [1.82, 2.24) is 10.2 Å². The summed E-state index contributed by atoms with van der Waals surface area (Å²) in [6, 6.07) is 2.68. The van der Waals surface area contributed by atoms with Crippen molar-refractivity contribution in [3.05, 3.63) is 27.8 Å². The summed E-state index contributed by atoms with van der Waals surface area (Å²) in [6.07, 6.45) is 0.916. The van der Waals surface area contributed by atoms with Gasteiger partial charge in [-0.15, -0.1) is 0 Å². The predicted octanol–water partition coefficient (Wildman–Crippen LogP) is 2.30. The predicted molar refractivity (Wildman–Crippen MR) is 88.0 cm³/mol. The Morgan fingerprint density at radius 3 is 2.61 bits per heavy atom. The number of hydrogen-bond donors (Lipinski definition) is 2. The standard InChI is InChI=1S/C16H25N3O4/c1-4-11(2)15(18-7-5-17-6-8-18)13-9-12(19(21)22)10-14(23-3)16(13)20/h9-11,15,17,20H,4-8H2,1-3H3/t11?,15-/m0/s1. The summed E-state index contributed by atoms with van der Waals surface area (Å²) in [6.45, 7) is 7.64. The number of benzene rings is 1. The van der Waals surface area contributed by atoms with E-state index in [4.69, 9.17) is 4.74 Å². The van der Waals surface area contributed by atoms with Gasteiger partial charge in [-0.05, 0) is 5.92 Å². The normalized spacial score (nSPS) is 18.4. The molecule has 2 N–H and O–H groups in total. The average molecular weight is 323 g/mol. The molecule has 1 heterocycles. The fraction of sp³-hybridized carbons (Fsp3) is 0.625. The number of non-ortho nitro benzene ring substituents is 1. The van der Waals surface area contributed by atoms with E-state index in [1.165, 1.54) is 19.2 Å². The third-order valence-electron chi connectivity index (χ3n) is 4.57. The first-order chi connectivity index (χ1) is 11.0. The van der Waals surface area contributed by atoms with E-state index in [0.29, 0.717) is 5.56 Å². The molecule has 0 amide bonds. The Morgan fingerprint density at radius 2 is 2.09 bits per heavy atom. The summed E-state index contributed by atoms with van der Waals surface area (Å²) in [4.78, 5) is 13.0. The maximum atomic E-state index is 11.2. The van der Waals surface area contributed by atoms with Crippen LogP contribution in [0.3, 0.4) is 0 Å². The Bertz CT molecular complexity index is 559. The monoisotopic (exact) mass is 323 g/mol. The van der Waals surface area contributed by atoms with Crippen LogP contribution in [-0.4, -0.2) is 48.2 Å². The molecular formula is C16H25N3O4. The molecule has 0 aliphatic carbocycles. The topological polar surface area (TPSA) is 87.9 Å². The van der Waals surface area contributed by atoms with Crippen molar-refractivity contribution in [3.63, 3.8) is 0 Å². The Labute approximate surface area is 136 Å². The van der Waals surface area contributed by atoms with E-state index in [1.54, 1.807) is 0 Å². The van der Waals surface area contributed by atoms with Gasteiger partial charge in [-0.3, -0.25) is 15.0 Å². The van der Waals surface area contributed by atoms with Crippen molar-refractivity contribution in [2.24, 2.45) is 5.92 Å². The summed E-state index contributed by atoms with van der Waals surface area (Å²) in [7, 11) is 1.41. The molecule has 1 unspecified atom stereocenters. The molecule has 0 spiro atoms. The van der Waals surface area contributed by atoms with Crippen LogP contribution in [0.5, 0.6) is 11.5 Å². The third kappa shape index (κ3) is 3.73. The van der Waals surface area contributed by atoms with Crippen molar-refractivity contribution in [1.29, 1.82) is 0 Å². The molecule has 1 saturated heterocycles. The van der Waals surface area contributed by atoms with Crippen LogP contribution in [0.2, 0.25) is 0 Å². The van der Waals surface area contributed by atoms with E-state index in [0.717, 1.165) is 32.6 Å². The number of nitrogens with zero attached hydrogens (tertiary/aromatic N) is 2. The lowest BCUT2D eigenvalue weighted by Crippen LogP contribution is -2.46. The number of phenols is 1. The largest absolute Gasteiger partial charge is 0.504 e. The number of phenolic OH excluding ortho intramolecular Hbond substituents is 1. The van der Waals surface area contributed by atoms with Gasteiger partial charge in [-0.2, -0.15) is 0 Å². The van der Waals surface area contributed by atoms with Gasteiger partial charge < -0.3 is 15.2 Å². The minimum absolute atomic E-state index is 0.00179. The summed E-state index contributed by atoms with van der Waals surface area (Å²) in [5.74, 6) is 0.408. The first-order valence-corrected chi connectivity index (χ1v) is 7.99. The lowest BCUT2D eigenvalue weighted by Gasteiger charge is -2.38. The van der Waals surface area contributed by atoms with Crippen LogP contribution in [0.25, 0.3) is 0 Å². The second kappa shape index (κ2) is 7.61. The van der Waals surface area contributed by atoms with Gasteiger partial charge in [0.25, 0.3) is 5.69 Å². The van der Waals surface area contributed by atoms with Crippen LogP contribution < -0.4 is 10.1 Å². The van der Waals surface area contributed by atoms with Gasteiger partial charge in [0.15, 0.2) is 11.5 Å². The second-order valence-electron chi connectivity index (χ2n) is 5.96. The fourth-order valence-electron chi connectivity index (χ4n) is 3.15. The van der Waals surface area contributed by atoms with Gasteiger partial charge in [0.1, 0.15) is 0 Å². The second-order valence-corrected chi connectivity index (χ2v) is 5.96. The van der Waals surface area contributed by atoms with E-state index in [1.807, 2.05) is 0 Å². The van der Waals surface area contributed by atoms with E-state index in [9.17, 15) is 15.2 Å². The van der Waals surface area contributed by atoms with Gasteiger partial charge in [0.2, 0.25) is 0 Å². The van der Waals surface area contributed by atoms with Gasteiger partial charge in [-0.1, -0.05) is 20.3 Å². The van der Waals surface area contributed by atoms with E-state index >= 15 is 0 Å². The quantitative estimate of drug-likeness (QED) is 0.617. The van der Waals surface area contributed by atoms with Crippen LogP contribution in [0.1, 0.15) is 31.9 Å². The van der Waals surface area contributed by atoms with Crippen LogP contribution >= 0.6 is 0 Å². The molecule has 7 heteroatoms. The van der Waals surface area contributed by atoms with Gasteiger partial charge in [-0.25, -0.2) is 0 Å². The Morgan fingerprint density at radius 1 is 1.43 bits per heavy atom. The van der Waals surface area contributed by atoms with Crippen molar-refractivity contribution >= 4 is 5.69 Å². The number of ether oxygens (including phenoxy) is 1. The third-order valence-corrected chi connectivity index (χ3v) is 4.57. The van der Waals surface area contributed by atoms with Crippen molar-refractivity contribution in [2.45, 2.75) is 26.3 Å². The highest BCUT2D eigenvalue weighted by atomic mass is 16.6. The van der Waals surface area contributed by atoms with Crippen molar-refractivity contribution in [2.75, 3.05) is 33.3 Å². The summed E-state index contributed by atoms with van der Waals surface area (Å²) < 4.78 is 5.14. The number of nitro benzene ring substituents is 1. The molecule has 23 heavy (non-hydrogen) atoms. The van der Waals surface area contributed by atoms with Crippen LogP contribution in [0.4, 0.5) is 5.69 Å². The first kappa shape index (κ1) is 17.5. The summed E-state index contributed by atoms with van der Waals surface area (Å²) >= 11 is 0. The number of rotatable bonds is 6. The van der Waals surface area contributed by atoms with Crippen LogP contribution in [0.15, 0.2) is 12.1 Å². The number of nitrogens with one attached hydrogen (secondary N) is 1. The molecule has 1 aromatic carbocycles. The first-order valence-electron chi connectivity index (χ1n) is 7.99. The van der Waals surface area contributed by atoms with E-state index in [2.05, 4.69) is 24.1 Å². The molecule has 1 aliphatic rings. The highest BCUT2D eigenvalue weighted by molar-refractivity contribution is 5.54. The Kier molecular flexibility index (Phi) is 5.79. The Balaban J connectivity index is 2.51. The molecule has 1 fully saturated rings. The zero-order valence-corrected chi connectivity index (χ0v) is 13.9. The maximum Gasteiger partial charge on any atom is 0.273 e. The molecule has 2 atom stereocenters. The molecule has 2 rings (SSSR count). The number of hydrogen-bond acceptors (Lipinski definition) is 6. The lowest BCUT2D eigenvalue weighted by molar-refractivity contribution is -0.385. The average Bonchev–Trinajstić information content (AvgIpc) is 2.57. The number of methoxy groups -OCH3 is 1. The molecule has 0 bridgehead atoms. The molecule has 7 nitrogen and oxygen atoms in total. The molecule has 0 aromatic heterocycles. The van der Waals surface area contributed by atoms with Gasteiger partial charge in [0.05, 0.1) is 18.1 Å². The number of piperazine rings is 1. The highest BCUT2D eigenvalue weighted by Crippen LogP contribution is 2.43. The number of nitro groups is 1. The Hall–Kier alpha value is -1.86. The van der Waals surface area contributed by atoms with Crippen LogP contribution in [-0.2, 0) is 0 Å². The maximum absolute atomic E-state index is 11.2. The SMILES string of the molecule is CCC(C)[C@@H](c1cc([N+](=O)[O-])cc(OC)c1O)N1CCNCC1. The van der Waals surface area contributed by atoms with E-state index < -0.39 is 4.92 Å². The van der Waals surface area contributed by atoms with Crippen molar-refractivity contribution in [3.8, 4) is 11.5 Å². The summed E-state index contributed by atoms with van der Waals surface area (Å²) in [5.41, 5.74) is 0.519. The molecule has 0 radical (unpaired) electrons. The zero-order valence-electron chi connectivity index (χ0n) is 13.9. The fourth-order valence-corrected chi connectivity index (χ4v) is 3.15. The number of aromatic hydroxyl groups is 1. The van der Waals surface area contributed by atoms with Gasteiger partial charge in [0, 0.05) is 43.9 Å². The van der Waals surface area contributed by atoms with Gasteiger partial charge >= 0.3 is 0 Å². The lowest BCUT2D eigenvalue weighted by atomic mass is 9.89. The van der Waals surface area contributed by atoms with E-state index in [-0.39, 0.29) is 29.1 Å². The molecule has 128 valence electrons. The zero-order chi connectivity index (χ0) is 17.0. The summed E-state index contributed by atoms with van der Waals surface area (Å²) in [5, 5.41) is 25.1. The minimum Gasteiger partial charge on any atom is -0.504 e. The molecule has 1 aliphatic heterocycles. The minimum atomic E-state index is -0.448.